The number of hydrogen-bond donors (Lipinski definition) is 2. The number of nitrogens with two attached hydrogens (primary N) is 1. The van der Waals surface area contributed by atoms with Gasteiger partial charge in [-0.2, -0.15) is 0 Å². The van der Waals surface area contributed by atoms with Gasteiger partial charge in [0.2, 0.25) is 11.9 Å². The Labute approximate surface area is 151 Å². The Bertz CT molecular complexity index is 967. The molecule has 0 spiro atoms. The Morgan fingerprint density at radius 2 is 2.15 bits per heavy atom. The smallest absolute Gasteiger partial charge is 0.220 e. The van der Waals surface area contributed by atoms with Gasteiger partial charge in [-0.05, 0) is 18.6 Å². The highest BCUT2D eigenvalue weighted by atomic mass is 16.2. The minimum atomic E-state index is 0.0931. The van der Waals surface area contributed by atoms with E-state index in [4.69, 9.17) is 5.73 Å². The largest absolute Gasteiger partial charge is 0.369 e. The van der Waals surface area contributed by atoms with E-state index in [9.17, 15) is 4.79 Å². The molecule has 0 saturated carbocycles. The van der Waals surface area contributed by atoms with Gasteiger partial charge in [0, 0.05) is 51.2 Å². The number of aromatic amines is 1. The predicted octanol–water partition coefficient (Wildman–Crippen LogP) is 1.66. The zero-order valence-corrected chi connectivity index (χ0v) is 14.8. The van der Waals surface area contributed by atoms with E-state index >= 15 is 0 Å². The lowest BCUT2D eigenvalue weighted by Gasteiger charge is -2.25. The molecule has 4 heterocycles. The fourth-order valence-electron chi connectivity index (χ4n) is 3.56. The number of carbonyl (C=O) groups excluding carboxylic acids is 1. The summed E-state index contributed by atoms with van der Waals surface area (Å²) in [5.41, 5.74) is 9.35. The number of H-pyrrole nitrogens is 1. The third-order valence-corrected chi connectivity index (χ3v) is 5.05. The van der Waals surface area contributed by atoms with Crippen LogP contribution >= 0.6 is 0 Å². The van der Waals surface area contributed by atoms with Gasteiger partial charge in [-0.3, -0.25) is 4.79 Å². The first-order chi connectivity index (χ1) is 12.5. The van der Waals surface area contributed by atoms with Crippen molar-refractivity contribution in [2.24, 2.45) is 0 Å². The highest BCUT2D eigenvalue weighted by Gasteiger charge is 2.29. The summed E-state index contributed by atoms with van der Waals surface area (Å²) in [5.74, 6) is 0.335. The van der Waals surface area contributed by atoms with E-state index in [2.05, 4.69) is 24.8 Å². The Morgan fingerprint density at radius 1 is 1.35 bits per heavy atom. The molecule has 0 aromatic carbocycles. The lowest BCUT2D eigenvalue weighted by Crippen LogP contribution is -2.37. The molecule has 4 rings (SSSR count). The van der Waals surface area contributed by atoms with Crippen LogP contribution in [0, 0.1) is 0 Å². The molecule has 8 nitrogen and oxygen atoms in total. The predicted molar refractivity (Wildman–Crippen MR) is 101 cm³/mol. The number of nitrogens with zero attached hydrogens (tertiary/aromatic N) is 5. The average Bonchev–Trinajstić information content (AvgIpc) is 3.28. The number of aromatic nitrogens is 4. The van der Waals surface area contributed by atoms with Crippen molar-refractivity contribution in [2.45, 2.75) is 19.4 Å². The number of pyridine rings is 1. The number of anilines is 2. The molecule has 1 fully saturated rings. The molecule has 8 heteroatoms. The van der Waals surface area contributed by atoms with Crippen LogP contribution in [0.25, 0.3) is 22.3 Å². The van der Waals surface area contributed by atoms with Crippen LogP contribution in [0.5, 0.6) is 0 Å². The van der Waals surface area contributed by atoms with Crippen molar-refractivity contribution in [1.82, 2.24) is 24.8 Å². The molecule has 1 aliphatic heterocycles. The van der Waals surface area contributed by atoms with E-state index in [1.54, 1.807) is 19.3 Å². The molecule has 0 aliphatic carbocycles. The molecule has 3 aromatic rings. The van der Waals surface area contributed by atoms with E-state index in [-0.39, 0.29) is 17.9 Å². The van der Waals surface area contributed by atoms with Crippen LogP contribution < -0.4 is 10.6 Å². The fourth-order valence-corrected chi connectivity index (χ4v) is 3.56. The number of amides is 1. The highest BCUT2D eigenvalue weighted by molar-refractivity contribution is 6.02. The number of likely N-dealkylation sites (N-methyl/N-ethyl adjacent to an activating group) is 1. The van der Waals surface area contributed by atoms with Crippen LogP contribution in [-0.4, -0.2) is 56.9 Å². The maximum atomic E-state index is 11.7. The van der Waals surface area contributed by atoms with Crippen LogP contribution in [0.15, 0.2) is 30.7 Å². The van der Waals surface area contributed by atoms with Gasteiger partial charge >= 0.3 is 0 Å². The molecular weight excluding hydrogens is 330 g/mol. The maximum Gasteiger partial charge on any atom is 0.220 e. The monoisotopic (exact) mass is 351 g/mol. The molecule has 26 heavy (non-hydrogen) atoms. The molecule has 1 amide bonds. The summed E-state index contributed by atoms with van der Waals surface area (Å²) in [6, 6.07) is 4.07. The van der Waals surface area contributed by atoms with Gasteiger partial charge in [0.05, 0.1) is 22.8 Å². The van der Waals surface area contributed by atoms with Crippen molar-refractivity contribution in [3.8, 4) is 11.3 Å². The minimum Gasteiger partial charge on any atom is -0.369 e. The first-order valence-corrected chi connectivity index (χ1v) is 8.58. The molecule has 3 N–H and O–H groups in total. The summed E-state index contributed by atoms with van der Waals surface area (Å²) in [5, 5.41) is 1.01. The van der Waals surface area contributed by atoms with Gasteiger partial charge < -0.3 is 20.5 Å². The zero-order valence-electron chi connectivity index (χ0n) is 14.8. The van der Waals surface area contributed by atoms with Gasteiger partial charge in [0.25, 0.3) is 0 Å². The second-order valence-corrected chi connectivity index (χ2v) is 6.57. The lowest BCUT2D eigenvalue weighted by molar-refractivity contribution is -0.129. The van der Waals surface area contributed by atoms with Crippen LogP contribution in [0.2, 0.25) is 0 Å². The zero-order chi connectivity index (χ0) is 18.3. The van der Waals surface area contributed by atoms with Gasteiger partial charge in [-0.15, -0.1) is 0 Å². The van der Waals surface area contributed by atoms with Crippen molar-refractivity contribution in [3.05, 3.63) is 30.7 Å². The van der Waals surface area contributed by atoms with Gasteiger partial charge in [-0.1, -0.05) is 0 Å². The molecule has 1 atom stereocenters. The third-order valence-electron chi connectivity index (χ3n) is 5.05. The summed E-state index contributed by atoms with van der Waals surface area (Å²) < 4.78 is 0. The topological polar surface area (TPSA) is 104 Å². The SMILES string of the molecule is CC(=O)N(C)C1CCN(c2ccnc3[nH]cc(-c4ccnc(N)n4)c23)C1. The second kappa shape index (κ2) is 6.29. The van der Waals surface area contributed by atoms with Gasteiger partial charge in [-0.25, -0.2) is 15.0 Å². The normalized spacial score (nSPS) is 17.0. The standard InChI is InChI=1S/C18H21N7O/c1-11(26)24(2)12-5-8-25(10-12)15-4-7-20-17-16(15)13(9-22-17)14-3-6-21-18(19)23-14/h3-4,6-7,9,12H,5,8,10H2,1-2H3,(H,20,22)(H2,19,21,23). The Balaban J connectivity index is 1.75. The number of nitrogen functional groups attached to an aromatic ring is 1. The molecular formula is C18H21N7O. The Hall–Kier alpha value is -3.16. The van der Waals surface area contributed by atoms with E-state index in [1.165, 1.54) is 0 Å². The van der Waals surface area contributed by atoms with Crippen LogP contribution in [-0.2, 0) is 4.79 Å². The van der Waals surface area contributed by atoms with Crippen molar-refractivity contribution in [3.63, 3.8) is 0 Å². The first-order valence-electron chi connectivity index (χ1n) is 8.58. The molecule has 0 bridgehead atoms. The summed E-state index contributed by atoms with van der Waals surface area (Å²) >= 11 is 0. The highest BCUT2D eigenvalue weighted by Crippen LogP contribution is 2.35. The van der Waals surface area contributed by atoms with E-state index in [1.807, 2.05) is 30.3 Å². The molecule has 1 saturated heterocycles. The van der Waals surface area contributed by atoms with Crippen LogP contribution in [0.1, 0.15) is 13.3 Å². The summed E-state index contributed by atoms with van der Waals surface area (Å²) in [7, 11) is 1.87. The number of carbonyl (C=O) groups is 1. The Kier molecular flexibility index (Phi) is 3.95. The average molecular weight is 351 g/mol. The van der Waals surface area contributed by atoms with Gasteiger partial charge in [0.1, 0.15) is 5.65 Å². The van der Waals surface area contributed by atoms with E-state index < -0.39 is 0 Å². The van der Waals surface area contributed by atoms with Crippen molar-refractivity contribution >= 4 is 28.6 Å². The maximum absolute atomic E-state index is 11.7. The van der Waals surface area contributed by atoms with Crippen molar-refractivity contribution in [2.75, 3.05) is 30.8 Å². The summed E-state index contributed by atoms with van der Waals surface area (Å²) in [4.78, 5) is 31.8. The molecule has 1 unspecified atom stereocenters. The number of fused-ring (bicyclic) bond motifs is 1. The third kappa shape index (κ3) is 2.73. The van der Waals surface area contributed by atoms with E-state index in [0.29, 0.717) is 0 Å². The summed E-state index contributed by atoms with van der Waals surface area (Å²) in [6.45, 7) is 3.29. The quantitative estimate of drug-likeness (QED) is 0.744. The molecule has 134 valence electrons. The summed E-state index contributed by atoms with van der Waals surface area (Å²) in [6.07, 6.45) is 6.30. The number of rotatable bonds is 3. The van der Waals surface area contributed by atoms with Crippen LogP contribution in [0.3, 0.4) is 0 Å². The first kappa shape index (κ1) is 16.3. The van der Waals surface area contributed by atoms with Crippen LogP contribution in [0.4, 0.5) is 11.6 Å². The number of nitrogens with one attached hydrogen (secondary N) is 1. The fraction of sp³-hybridized carbons (Fsp3) is 0.333. The van der Waals surface area contributed by atoms with Gasteiger partial charge in [0.15, 0.2) is 0 Å². The minimum absolute atomic E-state index is 0.0931. The Morgan fingerprint density at radius 3 is 2.92 bits per heavy atom. The van der Waals surface area contributed by atoms with Crippen molar-refractivity contribution < 1.29 is 4.79 Å². The second-order valence-electron chi connectivity index (χ2n) is 6.57. The number of hydrogen-bond acceptors (Lipinski definition) is 6. The molecule has 1 aliphatic rings. The van der Waals surface area contributed by atoms with E-state index in [0.717, 1.165) is 47.5 Å². The molecule has 0 radical (unpaired) electrons. The lowest BCUT2D eigenvalue weighted by atomic mass is 10.1. The molecule has 3 aromatic heterocycles. The van der Waals surface area contributed by atoms with Crippen molar-refractivity contribution in [1.29, 1.82) is 0 Å².